The van der Waals surface area contributed by atoms with Crippen LogP contribution in [0.1, 0.15) is 22.4 Å². The third kappa shape index (κ3) is 3.10. The molecular formula is C16H18N4O4S. The summed E-state index contributed by atoms with van der Waals surface area (Å²) in [5.74, 6) is 1.15. The lowest BCUT2D eigenvalue weighted by Crippen LogP contribution is -2.11. The Labute approximate surface area is 148 Å². The predicted octanol–water partition coefficient (Wildman–Crippen LogP) is 2.86. The lowest BCUT2D eigenvalue weighted by atomic mass is 10.2. The zero-order chi connectivity index (χ0) is 18.0. The van der Waals surface area contributed by atoms with Crippen molar-refractivity contribution in [2.45, 2.75) is 13.3 Å². The zero-order valence-corrected chi connectivity index (χ0v) is 15.1. The highest BCUT2D eigenvalue weighted by Crippen LogP contribution is 2.43. The molecule has 0 bridgehead atoms. The number of carbonyl (C=O) groups excluding carboxylic acids is 1. The van der Waals surface area contributed by atoms with Gasteiger partial charge in [-0.25, -0.2) is 0 Å². The second-order valence-corrected chi connectivity index (χ2v) is 6.16. The Kier molecular flexibility index (Phi) is 4.75. The molecule has 9 heteroatoms. The van der Waals surface area contributed by atoms with Crippen LogP contribution in [0.4, 0.5) is 5.13 Å². The van der Waals surface area contributed by atoms with Gasteiger partial charge in [0.25, 0.3) is 5.91 Å². The summed E-state index contributed by atoms with van der Waals surface area (Å²) in [5.41, 5.74) is 1.02. The van der Waals surface area contributed by atoms with E-state index in [9.17, 15) is 4.79 Å². The molecule has 0 saturated heterocycles. The number of H-pyrrole nitrogens is 1. The fraction of sp³-hybridized carbons (Fsp3) is 0.312. The predicted molar refractivity (Wildman–Crippen MR) is 95.2 cm³/mol. The van der Waals surface area contributed by atoms with Gasteiger partial charge in [-0.3, -0.25) is 10.1 Å². The molecule has 0 spiro atoms. The Morgan fingerprint density at radius 1 is 1.16 bits per heavy atom. The van der Waals surface area contributed by atoms with E-state index in [0.29, 0.717) is 33.6 Å². The highest BCUT2D eigenvalue weighted by molar-refractivity contribution is 7.15. The number of aryl methyl sites for hydroxylation is 1. The van der Waals surface area contributed by atoms with Crippen LogP contribution in [0.3, 0.4) is 0 Å². The van der Waals surface area contributed by atoms with Gasteiger partial charge in [-0.2, -0.15) is 0 Å². The van der Waals surface area contributed by atoms with Gasteiger partial charge >= 0.3 is 0 Å². The second kappa shape index (κ2) is 6.98. The minimum absolute atomic E-state index is 0.310. The maximum Gasteiger partial charge on any atom is 0.273 e. The summed E-state index contributed by atoms with van der Waals surface area (Å²) in [6.07, 6.45) is 0.775. The molecule has 2 N–H and O–H groups in total. The molecule has 0 unspecified atom stereocenters. The lowest BCUT2D eigenvalue weighted by molar-refractivity contribution is 0.102. The first-order valence-electron chi connectivity index (χ1n) is 7.56. The largest absolute Gasteiger partial charge is 0.493 e. The van der Waals surface area contributed by atoms with Crippen LogP contribution < -0.4 is 19.5 Å². The fourth-order valence-electron chi connectivity index (χ4n) is 2.48. The summed E-state index contributed by atoms with van der Waals surface area (Å²) in [5, 5.41) is 12.8. The van der Waals surface area contributed by atoms with Crippen molar-refractivity contribution in [2.24, 2.45) is 0 Å². The lowest BCUT2D eigenvalue weighted by Gasteiger charge is -2.12. The van der Waals surface area contributed by atoms with Crippen LogP contribution in [0.5, 0.6) is 17.2 Å². The first-order chi connectivity index (χ1) is 12.1. The molecule has 1 aromatic carbocycles. The summed E-state index contributed by atoms with van der Waals surface area (Å²) in [6.45, 7) is 1.98. The molecule has 0 aliphatic carbocycles. The van der Waals surface area contributed by atoms with E-state index in [1.54, 1.807) is 19.2 Å². The SMILES string of the molecule is CCc1nnc(NC(=O)c2cc3cc(OC)c(OC)c(OC)c3[nH]2)s1. The number of methoxy groups -OCH3 is 3. The molecule has 1 amide bonds. The molecule has 25 heavy (non-hydrogen) atoms. The minimum Gasteiger partial charge on any atom is -0.493 e. The van der Waals surface area contributed by atoms with Crippen LogP contribution in [0.15, 0.2) is 12.1 Å². The molecule has 2 heterocycles. The number of benzene rings is 1. The maximum atomic E-state index is 12.5. The van der Waals surface area contributed by atoms with Gasteiger partial charge in [0.15, 0.2) is 11.5 Å². The number of anilines is 1. The smallest absolute Gasteiger partial charge is 0.273 e. The van der Waals surface area contributed by atoms with Gasteiger partial charge in [-0.15, -0.1) is 10.2 Å². The van der Waals surface area contributed by atoms with Crippen LogP contribution in [0, 0.1) is 0 Å². The van der Waals surface area contributed by atoms with E-state index in [1.165, 1.54) is 25.6 Å². The van der Waals surface area contributed by atoms with Crippen molar-refractivity contribution in [3.63, 3.8) is 0 Å². The van der Waals surface area contributed by atoms with Gasteiger partial charge in [0, 0.05) is 5.39 Å². The van der Waals surface area contributed by atoms with Crippen LogP contribution in [0.25, 0.3) is 10.9 Å². The Hall–Kier alpha value is -2.81. The van der Waals surface area contributed by atoms with Gasteiger partial charge in [-0.1, -0.05) is 18.3 Å². The number of nitrogens with zero attached hydrogens (tertiary/aromatic N) is 2. The Morgan fingerprint density at radius 3 is 2.52 bits per heavy atom. The molecule has 0 aliphatic heterocycles. The first kappa shape index (κ1) is 17.0. The number of amides is 1. The number of hydrogen-bond donors (Lipinski definition) is 2. The van der Waals surface area contributed by atoms with E-state index in [0.717, 1.165) is 16.8 Å². The number of fused-ring (bicyclic) bond motifs is 1. The fourth-order valence-corrected chi connectivity index (χ4v) is 3.15. The summed E-state index contributed by atoms with van der Waals surface area (Å²) in [7, 11) is 4.61. The van der Waals surface area contributed by atoms with Gasteiger partial charge in [0.2, 0.25) is 10.9 Å². The number of carbonyl (C=O) groups is 1. The van der Waals surface area contributed by atoms with Crippen molar-refractivity contribution in [1.29, 1.82) is 0 Å². The molecule has 0 radical (unpaired) electrons. The molecule has 0 fully saturated rings. The summed E-state index contributed by atoms with van der Waals surface area (Å²) in [4.78, 5) is 15.5. The van der Waals surface area contributed by atoms with E-state index in [1.807, 2.05) is 6.92 Å². The standard InChI is InChI=1S/C16H18N4O4S/c1-5-11-19-20-16(25-11)18-15(21)9-6-8-7-10(22-2)13(23-3)14(24-4)12(8)17-9/h6-7,17H,5H2,1-4H3,(H,18,20,21). The van der Waals surface area contributed by atoms with Gasteiger partial charge in [0.1, 0.15) is 10.7 Å². The Bertz CT molecular complexity index is 918. The van der Waals surface area contributed by atoms with Crippen molar-refractivity contribution in [3.8, 4) is 17.2 Å². The van der Waals surface area contributed by atoms with Crippen LogP contribution in [0.2, 0.25) is 0 Å². The topological polar surface area (TPSA) is 98.4 Å². The maximum absolute atomic E-state index is 12.5. The van der Waals surface area contributed by atoms with E-state index in [-0.39, 0.29) is 5.91 Å². The number of aromatic nitrogens is 3. The molecule has 3 rings (SSSR count). The Morgan fingerprint density at radius 2 is 1.92 bits per heavy atom. The van der Waals surface area contributed by atoms with E-state index < -0.39 is 0 Å². The van der Waals surface area contributed by atoms with Crippen LogP contribution >= 0.6 is 11.3 Å². The second-order valence-electron chi connectivity index (χ2n) is 5.10. The van der Waals surface area contributed by atoms with E-state index in [2.05, 4.69) is 20.5 Å². The number of hydrogen-bond acceptors (Lipinski definition) is 7. The summed E-state index contributed by atoms with van der Waals surface area (Å²) < 4.78 is 16.1. The van der Waals surface area contributed by atoms with Gasteiger partial charge < -0.3 is 19.2 Å². The summed E-state index contributed by atoms with van der Waals surface area (Å²) in [6, 6.07) is 3.50. The van der Waals surface area contributed by atoms with Gasteiger partial charge in [-0.05, 0) is 18.6 Å². The molecule has 8 nitrogen and oxygen atoms in total. The Balaban J connectivity index is 1.98. The van der Waals surface area contributed by atoms with E-state index in [4.69, 9.17) is 14.2 Å². The molecule has 0 atom stereocenters. The number of aromatic amines is 1. The molecule has 0 saturated carbocycles. The number of rotatable bonds is 6. The molecular weight excluding hydrogens is 344 g/mol. The molecule has 2 aromatic heterocycles. The monoisotopic (exact) mass is 362 g/mol. The third-order valence-corrected chi connectivity index (χ3v) is 4.64. The summed E-state index contributed by atoms with van der Waals surface area (Å²) >= 11 is 1.35. The van der Waals surface area contributed by atoms with Crippen molar-refractivity contribution in [2.75, 3.05) is 26.6 Å². The molecule has 132 valence electrons. The van der Waals surface area contributed by atoms with Crippen molar-refractivity contribution in [3.05, 3.63) is 22.8 Å². The number of nitrogens with one attached hydrogen (secondary N) is 2. The average molecular weight is 362 g/mol. The van der Waals surface area contributed by atoms with E-state index >= 15 is 0 Å². The van der Waals surface area contributed by atoms with Crippen molar-refractivity contribution < 1.29 is 19.0 Å². The van der Waals surface area contributed by atoms with Gasteiger partial charge in [0.05, 0.1) is 26.8 Å². The molecule has 0 aliphatic rings. The average Bonchev–Trinajstić information content (AvgIpc) is 3.25. The molecule has 3 aromatic rings. The first-order valence-corrected chi connectivity index (χ1v) is 8.38. The number of ether oxygens (including phenoxy) is 3. The quantitative estimate of drug-likeness (QED) is 0.700. The normalized spacial score (nSPS) is 10.7. The third-order valence-electron chi connectivity index (χ3n) is 3.65. The van der Waals surface area contributed by atoms with Crippen LogP contribution in [-0.4, -0.2) is 42.4 Å². The highest BCUT2D eigenvalue weighted by Gasteiger charge is 2.20. The van der Waals surface area contributed by atoms with Crippen LogP contribution in [-0.2, 0) is 6.42 Å². The highest BCUT2D eigenvalue weighted by atomic mass is 32.1. The minimum atomic E-state index is -0.310. The van der Waals surface area contributed by atoms with Crippen molar-refractivity contribution in [1.82, 2.24) is 15.2 Å². The zero-order valence-electron chi connectivity index (χ0n) is 14.3. The van der Waals surface area contributed by atoms with Crippen molar-refractivity contribution >= 4 is 33.3 Å².